The largest absolute Gasteiger partial charge is 0.378 e. The molecule has 2 fully saturated rings. The predicted molar refractivity (Wildman–Crippen MR) is 159 cm³/mol. The summed E-state index contributed by atoms with van der Waals surface area (Å²) in [4.78, 5) is 47.7. The van der Waals surface area contributed by atoms with E-state index in [1.165, 1.54) is 0 Å². The van der Waals surface area contributed by atoms with E-state index in [0.29, 0.717) is 25.2 Å². The molecule has 218 valence electrons. The number of carbonyl (C=O) groups excluding carboxylic acids is 2. The van der Waals surface area contributed by atoms with Gasteiger partial charge < -0.3 is 19.5 Å². The van der Waals surface area contributed by atoms with Crippen molar-refractivity contribution in [3.8, 4) is 0 Å². The summed E-state index contributed by atoms with van der Waals surface area (Å²) in [5.74, 6) is -0.291. The van der Waals surface area contributed by atoms with Crippen molar-refractivity contribution in [3.05, 3.63) is 76.3 Å². The molecule has 0 radical (unpaired) electrons. The van der Waals surface area contributed by atoms with Gasteiger partial charge in [-0.3, -0.25) is 24.3 Å². The predicted octanol–water partition coefficient (Wildman–Crippen LogP) is 3.77. The van der Waals surface area contributed by atoms with Crippen LogP contribution in [0.2, 0.25) is 0 Å². The number of para-hydroxylation sites is 1. The van der Waals surface area contributed by atoms with Crippen LogP contribution < -0.4 is 10.9 Å². The molecule has 0 spiro atoms. The molecule has 2 aromatic heterocycles. The molecular weight excluding hydrogens is 518 g/mol. The Morgan fingerprint density at radius 1 is 1.12 bits per heavy atom. The Kier molecular flexibility index (Phi) is 8.85. The Morgan fingerprint density at radius 2 is 1.85 bits per heavy atom. The summed E-state index contributed by atoms with van der Waals surface area (Å²) in [5.41, 5.74) is 1.78. The first kappa shape index (κ1) is 29.0. The Hall–Kier alpha value is -3.56. The molecule has 0 aliphatic carbocycles. The van der Waals surface area contributed by atoms with Gasteiger partial charge >= 0.3 is 0 Å². The average Bonchev–Trinajstić information content (AvgIpc) is 3.18. The third-order valence-electron chi connectivity index (χ3n) is 8.64. The highest BCUT2D eigenvalue weighted by atomic mass is 16.5. The third-order valence-corrected chi connectivity index (χ3v) is 8.64. The lowest BCUT2D eigenvalue weighted by molar-refractivity contribution is -0.131. The van der Waals surface area contributed by atoms with E-state index in [-0.39, 0.29) is 41.1 Å². The number of fused-ring (bicyclic) bond motifs is 3. The summed E-state index contributed by atoms with van der Waals surface area (Å²) in [5, 5.41) is 4.08. The van der Waals surface area contributed by atoms with E-state index in [9.17, 15) is 14.4 Å². The van der Waals surface area contributed by atoms with Gasteiger partial charge in [0.15, 0.2) is 0 Å². The number of aromatic nitrogens is 2. The number of amides is 2. The maximum Gasteiger partial charge on any atom is 0.264 e. The van der Waals surface area contributed by atoms with Gasteiger partial charge in [-0.25, -0.2) is 0 Å². The highest BCUT2D eigenvalue weighted by Crippen LogP contribution is 2.36. The molecule has 2 bridgehead atoms. The third kappa shape index (κ3) is 6.36. The Balaban J connectivity index is 1.24. The summed E-state index contributed by atoms with van der Waals surface area (Å²) < 4.78 is 7.57. The summed E-state index contributed by atoms with van der Waals surface area (Å²) in [6.45, 7) is 7.24. The zero-order valence-electron chi connectivity index (χ0n) is 24.5. The number of pyridine rings is 2. The first-order valence-corrected chi connectivity index (χ1v) is 14.6. The normalized spacial score (nSPS) is 21.2. The van der Waals surface area contributed by atoms with Crippen molar-refractivity contribution >= 4 is 22.7 Å². The number of hydrogen-bond acceptors (Lipinski definition) is 6. The van der Waals surface area contributed by atoms with Gasteiger partial charge in [0.05, 0.1) is 11.6 Å². The monoisotopic (exact) mass is 559 g/mol. The minimum absolute atomic E-state index is 0.00511. The van der Waals surface area contributed by atoms with Gasteiger partial charge in [0, 0.05) is 70.2 Å². The molecule has 2 saturated heterocycles. The maximum absolute atomic E-state index is 13.4. The van der Waals surface area contributed by atoms with Gasteiger partial charge in [-0.1, -0.05) is 24.3 Å². The quantitative estimate of drug-likeness (QED) is 0.406. The molecule has 1 N–H and O–H groups in total. The highest BCUT2D eigenvalue weighted by molar-refractivity contribution is 5.97. The number of methoxy groups -OCH3 is 1. The van der Waals surface area contributed by atoms with E-state index in [2.05, 4.69) is 15.2 Å². The first-order valence-electron chi connectivity index (χ1n) is 14.6. The van der Waals surface area contributed by atoms with Crippen molar-refractivity contribution in [1.82, 2.24) is 24.7 Å². The van der Waals surface area contributed by atoms with E-state index in [4.69, 9.17) is 4.74 Å². The average molecular weight is 560 g/mol. The first-order chi connectivity index (χ1) is 19.7. The zero-order valence-corrected chi connectivity index (χ0v) is 24.5. The van der Waals surface area contributed by atoms with Gasteiger partial charge in [-0.05, 0) is 68.7 Å². The molecule has 2 amide bonds. The van der Waals surface area contributed by atoms with Crippen molar-refractivity contribution in [1.29, 1.82) is 0 Å². The number of carbonyl (C=O) groups is 2. The molecule has 41 heavy (non-hydrogen) atoms. The summed E-state index contributed by atoms with van der Waals surface area (Å²) in [6, 6.07) is 13.9. The SMILES string of the molecule is COC(CN(Cc1cccnc1)C(C)=O)CN1[C@@H]2CC[C@H]1CC(NC(=O)c1cc3ccccc3n(C(C)C)c1=O)C2. The lowest BCUT2D eigenvalue weighted by Gasteiger charge is -2.41. The van der Waals surface area contributed by atoms with E-state index in [0.717, 1.165) is 48.7 Å². The van der Waals surface area contributed by atoms with Crippen LogP contribution in [0.5, 0.6) is 0 Å². The minimum Gasteiger partial charge on any atom is -0.378 e. The van der Waals surface area contributed by atoms with E-state index < -0.39 is 0 Å². The number of piperidine rings is 1. The summed E-state index contributed by atoms with van der Waals surface area (Å²) >= 11 is 0. The fourth-order valence-corrected chi connectivity index (χ4v) is 6.62. The standard InChI is InChI=1S/C32H41N5O4/c1-21(2)37-30-10-6-5-9-24(30)14-29(32(37)40)31(39)34-25-15-26-11-12-27(16-25)36(26)20-28(41-4)19-35(22(3)38)18-23-8-7-13-33-17-23/h5-10,13-14,17,21,25-28H,11-12,15-16,18-20H2,1-4H3,(H,34,39)/t25?,26-,27+,28?. The second-order valence-corrected chi connectivity index (χ2v) is 11.7. The second kappa shape index (κ2) is 12.5. The van der Waals surface area contributed by atoms with Crippen molar-refractivity contribution in [3.63, 3.8) is 0 Å². The number of rotatable bonds is 10. The van der Waals surface area contributed by atoms with Crippen LogP contribution in [0.4, 0.5) is 0 Å². The van der Waals surface area contributed by atoms with Crippen LogP contribution in [0.1, 0.15) is 68.4 Å². The summed E-state index contributed by atoms with van der Waals surface area (Å²) in [6.07, 6.45) is 7.17. The number of ether oxygens (including phenoxy) is 1. The molecule has 2 unspecified atom stereocenters. The van der Waals surface area contributed by atoms with Crippen LogP contribution in [0.15, 0.2) is 59.7 Å². The molecule has 5 rings (SSSR count). The van der Waals surface area contributed by atoms with Crippen molar-refractivity contribution in [2.24, 2.45) is 0 Å². The lowest BCUT2D eigenvalue weighted by atomic mass is 9.96. The second-order valence-electron chi connectivity index (χ2n) is 11.7. The smallest absolute Gasteiger partial charge is 0.264 e. The van der Waals surface area contributed by atoms with Crippen LogP contribution in [-0.4, -0.2) is 75.6 Å². The van der Waals surface area contributed by atoms with Crippen LogP contribution in [0.25, 0.3) is 10.9 Å². The molecule has 4 heterocycles. The number of nitrogens with zero attached hydrogens (tertiary/aromatic N) is 4. The topological polar surface area (TPSA) is 96.8 Å². The van der Waals surface area contributed by atoms with Gasteiger partial charge in [-0.2, -0.15) is 0 Å². The minimum atomic E-state index is -0.296. The van der Waals surface area contributed by atoms with Gasteiger partial charge in [0.2, 0.25) is 5.91 Å². The van der Waals surface area contributed by atoms with E-state index in [1.54, 1.807) is 37.1 Å². The molecule has 3 aromatic rings. The fourth-order valence-electron chi connectivity index (χ4n) is 6.62. The van der Waals surface area contributed by atoms with Crippen molar-refractivity contribution in [2.45, 2.75) is 83.3 Å². The Bertz CT molecular complexity index is 1430. The maximum atomic E-state index is 13.4. The Morgan fingerprint density at radius 3 is 2.49 bits per heavy atom. The van der Waals surface area contributed by atoms with Crippen LogP contribution in [0.3, 0.4) is 0 Å². The lowest BCUT2D eigenvalue weighted by Crippen LogP contribution is -2.54. The molecule has 9 heteroatoms. The van der Waals surface area contributed by atoms with Crippen molar-refractivity contribution in [2.75, 3.05) is 20.2 Å². The molecule has 0 saturated carbocycles. The Labute approximate surface area is 241 Å². The van der Waals surface area contributed by atoms with Gasteiger partial charge in [0.1, 0.15) is 5.56 Å². The molecule has 2 aliphatic rings. The fraction of sp³-hybridized carbons (Fsp3) is 0.500. The highest BCUT2D eigenvalue weighted by Gasteiger charge is 2.42. The molecule has 2 aliphatic heterocycles. The number of nitrogens with one attached hydrogen (secondary N) is 1. The molecule has 9 nitrogen and oxygen atoms in total. The molecular formula is C32H41N5O4. The van der Waals surface area contributed by atoms with E-state index in [1.807, 2.05) is 55.1 Å². The van der Waals surface area contributed by atoms with Crippen LogP contribution in [-0.2, 0) is 16.1 Å². The summed E-state index contributed by atoms with van der Waals surface area (Å²) in [7, 11) is 1.70. The number of benzene rings is 1. The van der Waals surface area contributed by atoms with Crippen molar-refractivity contribution < 1.29 is 14.3 Å². The van der Waals surface area contributed by atoms with Crippen LogP contribution >= 0.6 is 0 Å². The number of hydrogen-bond donors (Lipinski definition) is 1. The van der Waals surface area contributed by atoms with E-state index >= 15 is 0 Å². The van der Waals surface area contributed by atoms with Crippen LogP contribution in [0, 0.1) is 0 Å². The van der Waals surface area contributed by atoms with Gasteiger partial charge in [0.25, 0.3) is 11.5 Å². The van der Waals surface area contributed by atoms with Gasteiger partial charge in [-0.15, -0.1) is 0 Å². The molecule has 1 aromatic carbocycles. The molecule has 4 atom stereocenters. The zero-order chi connectivity index (χ0) is 29.1.